The van der Waals surface area contributed by atoms with Crippen LogP contribution >= 0.6 is 22.6 Å². The van der Waals surface area contributed by atoms with Gasteiger partial charge in [0.15, 0.2) is 12.3 Å². The zero-order valence-electron chi connectivity index (χ0n) is 13.7. The second kappa shape index (κ2) is 6.90. The van der Waals surface area contributed by atoms with Crippen LogP contribution in [0.15, 0.2) is 41.7 Å². The fourth-order valence-electron chi connectivity index (χ4n) is 3.27. The van der Waals surface area contributed by atoms with Gasteiger partial charge in [-0.15, -0.1) is 0 Å². The van der Waals surface area contributed by atoms with Crippen LogP contribution in [-0.4, -0.2) is 45.5 Å². The molecule has 0 radical (unpaired) electrons. The van der Waals surface area contributed by atoms with E-state index < -0.39 is 24.2 Å². The van der Waals surface area contributed by atoms with Gasteiger partial charge in [-0.1, -0.05) is 52.9 Å². The van der Waals surface area contributed by atoms with E-state index in [0.717, 1.165) is 5.56 Å². The molecule has 0 bridgehead atoms. The molecular weight excluding hydrogens is 453 g/mol. The van der Waals surface area contributed by atoms with Crippen LogP contribution in [0.5, 0.6) is 0 Å². The van der Waals surface area contributed by atoms with E-state index in [1.165, 1.54) is 4.90 Å². The molecule has 136 valence electrons. The first-order valence-corrected chi connectivity index (χ1v) is 9.79. The molecule has 3 heterocycles. The number of rotatable bonds is 4. The van der Waals surface area contributed by atoms with Gasteiger partial charge < -0.3 is 14.2 Å². The number of carbonyl (C=O) groups is 3. The molecule has 3 atom stereocenters. The summed E-state index contributed by atoms with van der Waals surface area (Å²) < 4.78 is 17.1. The number of hydrogen-bond donors (Lipinski definition) is 0. The molecule has 3 saturated heterocycles. The average molecular weight is 469 g/mol. The van der Waals surface area contributed by atoms with E-state index >= 15 is 0 Å². The first kappa shape index (κ1) is 17.3. The van der Waals surface area contributed by atoms with E-state index in [4.69, 9.17) is 14.2 Å². The number of hydrogen-bond acceptors (Lipinski definition) is 6. The van der Waals surface area contributed by atoms with Crippen molar-refractivity contribution in [2.75, 3.05) is 4.43 Å². The largest absolute Gasteiger partial charge is 0.471 e. The van der Waals surface area contributed by atoms with Gasteiger partial charge in [-0.2, -0.15) is 0 Å². The minimum atomic E-state index is -1.01. The maximum Gasteiger partial charge on any atom is 0.337 e. The summed E-state index contributed by atoms with van der Waals surface area (Å²) in [6.07, 6.45) is -0.178. The molecule has 3 fully saturated rings. The Morgan fingerprint density at radius 3 is 2.62 bits per heavy atom. The van der Waals surface area contributed by atoms with Crippen molar-refractivity contribution in [3.63, 3.8) is 0 Å². The van der Waals surface area contributed by atoms with E-state index in [2.05, 4.69) is 22.6 Å². The summed E-state index contributed by atoms with van der Waals surface area (Å²) in [4.78, 5) is 38.2. The van der Waals surface area contributed by atoms with Gasteiger partial charge in [0.1, 0.15) is 18.5 Å². The van der Waals surface area contributed by atoms with Gasteiger partial charge in [-0.25, -0.2) is 9.59 Å². The normalized spacial score (nSPS) is 29.7. The number of nitrogens with zero attached hydrogens (tertiary/aromatic N) is 1. The van der Waals surface area contributed by atoms with E-state index in [-0.39, 0.29) is 30.8 Å². The Bertz CT molecular complexity index is 792. The number of β-lactam (4-membered cyclic amide) rings is 1. The van der Waals surface area contributed by atoms with Crippen LogP contribution in [0.4, 0.5) is 0 Å². The quantitative estimate of drug-likeness (QED) is 0.220. The summed E-state index contributed by atoms with van der Waals surface area (Å²) >= 11 is 2.14. The highest BCUT2D eigenvalue weighted by Gasteiger charge is 2.56. The number of esters is 2. The van der Waals surface area contributed by atoms with Crippen molar-refractivity contribution in [1.82, 2.24) is 4.90 Å². The Hall–Kier alpha value is -2.10. The van der Waals surface area contributed by atoms with Crippen LogP contribution in [0.3, 0.4) is 0 Å². The number of amides is 1. The zero-order chi connectivity index (χ0) is 18.3. The van der Waals surface area contributed by atoms with Crippen LogP contribution in [0, 0.1) is 0 Å². The van der Waals surface area contributed by atoms with E-state index in [9.17, 15) is 14.4 Å². The summed E-state index contributed by atoms with van der Waals surface area (Å²) in [7, 11) is 0. The van der Waals surface area contributed by atoms with Crippen molar-refractivity contribution in [3.05, 3.63) is 47.2 Å². The molecule has 0 saturated carbocycles. The van der Waals surface area contributed by atoms with E-state index in [1.807, 2.05) is 30.3 Å². The molecule has 3 aliphatic rings. The number of alkyl halides is 1. The highest BCUT2D eigenvalue weighted by atomic mass is 127. The maximum absolute atomic E-state index is 12.7. The highest BCUT2D eigenvalue weighted by molar-refractivity contribution is 14.1. The molecule has 7 nitrogen and oxygen atoms in total. The zero-order valence-corrected chi connectivity index (χ0v) is 15.9. The molecule has 0 aliphatic carbocycles. The molecule has 1 amide bonds. The van der Waals surface area contributed by atoms with E-state index in [0.29, 0.717) is 16.4 Å². The molecule has 4 rings (SSSR count). The van der Waals surface area contributed by atoms with Crippen molar-refractivity contribution in [3.8, 4) is 0 Å². The SMILES string of the molecule is O=C1OC(CI)C/C1=C1\O[C@@H]2CC(=O)N2C1C(=O)OCc1ccccc1. The van der Waals surface area contributed by atoms with Crippen LogP contribution < -0.4 is 0 Å². The molecule has 1 aromatic rings. The molecule has 0 N–H and O–H groups in total. The molecule has 0 spiro atoms. The lowest BCUT2D eigenvalue weighted by Crippen LogP contribution is -2.55. The minimum Gasteiger partial charge on any atom is -0.471 e. The third-order valence-corrected chi connectivity index (χ3v) is 5.59. The summed E-state index contributed by atoms with van der Waals surface area (Å²) in [6.45, 7) is 0.0896. The van der Waals surface area contributed by atoms with Gasteiger partial charge in [0, 0.05) is 10.8 Å². The Balaban J connectivity index is 1.57. The first-order valence-electron chi connectivity index (χ1n) is 8.27. The second-order valence-electron chi connectivity index (χ2n) is 6.30. The van der Waals surface area contributed by atoms with Crippen molar-refractivity contribution in [1.29, 1.82) is 0 Å². The van der Waals surface area contributed by atoms with Gasteiger partial charge in [0.2, 0.25) is 5.91 Å². The molecule has 3 aliphatic heterocycles. The molecule has 1 aromatic carbocycles. The summed E-state index contributed by atoms with van der Waals surface area (Å²) in [5, 5.41) is 0. The van der Waals surface area contributed by atoms with Crippen molar-refractivity contribution < 1.29 is 28.6 Å². The summed E-state index contributed by atoms with van der Waals surface area (Å²) in [5.74, 6) is -1.07. The number of cyclic esters (lactones) is 1. The van der Waals surface area contributed by atoms with Crippen molar-refractivity contribution in [2.24, 2.45) is 0 Å². The summed E-state index contributed by atoms with van der Waals surface area (Å²) in [5.41, 5.74) is 1.17. The number of fused-ring (bicyclic) bond motifs is 1. The first-order chi connectivity index (χ1) is 12.6. The van der Waals surface area contributed by atoms with Crippen molar-refractivity contribution >= 4 is 40.4 Å². The van der Waals surface area contributed by atoms with E-state index in [1.54, 1.807) is 0 Å². The fraction of sp³-hybridized carbons (Fsp3) is 0.389. The molecule has 0 aromatic heterocycles. The molecular formula is C18H16INO6. The van der Waals surface area contributed by atoms with Crippen LogP contribution in [-0.2, 0) is 35.2 Å². The lowest BCUT2D eigenvalue weighted by molar-refractivity contribution is -0.166. The highest BCUT2D eigenvalue weighted by Crippen LogP contribution is 2.40. The fourth-order valence-corrected chi connectivity index (χ4v) is 3.77. The number of benzene rings is 1. The topological polar surface area (TPSA) is 82.1 Å². The monoisotopic (exact) mass is 469 g/mol. The predicted molar refractivity (Wildman–Crippen MR) is 96.8 cm³/mol. The number of halogens is 1. The third kappa shape index (κ3) is 2.95. The lowest BCUT2D eigenvalue weighted by atomic mass is 10.0. The smallest absolute Gasteiger partial charge is 0.337 e. The lowest BCUT2D eigenvalue weighted by Gasteiger charge is -2.33. The Morgan fingerprint density at radius 2 is 1.96 bits per heavy atom. The van der Waals surface area contributed by atoms with Crippen LogP contribution in [0.25, 0.3) is 0 Å². The predicted octanol–water partition coefficient (Wildman–Crippen LogP) is 1.69. The summed E-state index contributed by atoms with van der Waals surface area (Å²) in [6, 6.07) is 8.24. The number of ether oxygens (including phenoxy) is 3. The second-order valence-corrected chi connectivity index (χ2v) is 7.18. The standard InChI is InChI=1S/C18H16INO6/c19-8-11-6-12(17(22)25-11)16-15(20-13(21)7-14(20)26-16)18(23)24-9-10-4-2-1-3-5-10/h1-5,11,14-15H,6-9H2/b16-12+/t11?,14-,15?/m1/s1. The third-order valence-electron chi connectivity index (χ3n) is 4.61. The van der Waals surface area contributed by atoms with Crippen LogP contribution in [0.2, 0.25) is 0 Å². The van der Waals surface area contributed by atoms with Crippen LogP contribution in [0.1, 0.15) is 18.4 Å². The van der Waals surface area contributed by atoms with Crippen molar-refractivity contribution in [2.45, 2.75) is 37.8 Å². The van der Waals surface area contributed by atoms with Gasteiger partial charge in [-0.3, -0.25) is 9.69 Å². The molecule has 26 heavy (non-hydrogen) atoms. The Kier molecular flexibility index (Phi) is 4.60. The average Bonchev–Trinajstić information content (AvgIpc) is 3.17. The van der Waals surface area contributed by atoms with Gasteiger partial charge in [0.05, 0.1) is 12.0 Å². The van der Waals surface area contributed by atoms with Gasteiger partial charge >= 0.3 is 11.9 Å². The molecule has 2 unspecified atom stereocenters. The Morgan fingerprint density at radius 1 is 1.19 bits per heavy atom. The van der Waals surface area contributed by atoms with Gasteiger partial charge in [-0.05, 0) is 5.56 Å². The minimum absolute atomic E-state index is 0.0896. The number of carbonyl (C=O) groups excluding carboxylic acids is 3. The maximum atomic E-state index is 12.7. The van der Waals surface area contributed by atoms with Gasteiger partial charge in [0.25, 0.3) is 0 Å². The molecule has 8 heteroatoms. The Labute approximate surface area is 163 Å².